The second kappa shape index (κ2) is 7.57. The zero-order valence-electron chi connectivity index (χ0n) is 16.3. The number of hydrogen-bond donors (Lipinski definition) is 2. The van der Waals surface area contributed by atoms with Gasteiger partial charge in [-0.15, -0.1) is 0 Å². The number of hydrogen-bond acceptors (Lipinski definition) is 1. The average Bonchev–Trinajstić information content (AvgIpc) is 2.91. The molecule has 0 atom stereocenters. The first kappa shape index (κ1) is 17.8. The Morgan fingerprint density at radius 3 is 1.58 bits per heavy atom. The molecule has 2 N–H and O–H groups in total. The summed E-state index contributed by atoms with van der Waals surface area (Å²) in [7, 11) is 0. The van der Waals surface area contributed by atoms with Crippen LogP contribution in [0.3, 0.4) is 0 Å². The topological polar surface area (TPSA) is 35.8 Å². The van der Waals surface area contributed by atoms with E-state index in [0.29, 0.717) is 0 Å². The van der Waals surface area contributed by atoms with Crippen LogP contribution in [-0.4, -0.2) is 35.3 Å². The molecule has 0 unspecified atom stereocenters. The van der Waals surface area contributed by atoms with E-state index >= 15 is 0 Å². The van der Waals surface area contributed by atoms with E-state index in [9.17, 15) is 4.79 Å². The van der Waals surface area contributed by atoms with Crippen molar-refractivity contribution >= 4 is 11.0 Å². The molecule has 0 spiro atoms. The summed E-state index contributed by atoms with van der Waals surface area (Å²) in [5, 5.41) is 0. The van der Waals surface area contributed by atoms with Crippen LogP contribution in [-0.2, 0) is 13.3 Å². The minimum Gasteiger partial charge on any atom is -0.317 e. The first-order chi connectivity index (χ1) is 12.6. The number of imidazole rings is 1. The maximum atomic E-state index is 13.3. The maximum absolute atomic E-state index is 13.3. The van der Waals surface area contributed by atoms with E-state index in [4.69, 9.17) is 0 Å². The quantitative estimate of drug-likeness (QED) is 0.813. The molecule has 0 radical (unpaired) electrons. The van der Waals surface area contributed by atoms with Crippen molar-refractivity contribution in [2.75, 3.05) is 26.2 Å². The first-order valence-corrected chi connectivity index (χ1v) is 10.5. The van der Waals surface area contributed by atoms with Gasteiger partial charge in [-0.2, -0.15) is 0 Å². The predicted octanol–water partition coefficient (Wildman–Crippen LogP) is 0.348. The Kier molecular flexibility index (Phi) is 5.18. The number of rotatable bonds is 4. The molecule has 142 valence electrons. The van der Waals surface area contributed by atoms with Gasteiger partial charge in [-0.05, 0) is 49.7 Å². The molecule has 3 heterocycles. The van der Waals surface area contributed by atoms with Crippen molar-refractivity contribution in [2.24, 2.45) is 11.8 Å². The molecule has 2 aliphatic rings. The highest BCUT2D eigenvalue weighted by atomic mass is 16.2. The van der Waals surface area contributed by atoms with Crippen LogP contribution in [0, 0.1) is 11.8 Å². The molecule has 0 aliphatic carbocycles. The summed E-state index contributed by atoms with van der Waals surface area (Å²) in [5.74, 6) is 1.67. The van der Waals surface area contributed by atoms with Crippen molar-refractivity contribution in [1.82, 2.24) is 9.13 Å². The molecule has 4 rings (SSSR count). The standard InChI is InChI=1S/C21H32N4O/c1-17-7-11-22(12-8-17)15-24-19-5-3-4-6-20(19)25(21(24)26)16-23-13-9-18(2)10-14-23/h3-6,17-18H,7-16H2,1-2H3/p+2. The third-order valence-corrected chi connectivity index (χ3v) is 6.65. The van der Waals surface area contributed by atoms with Gasteiger partial charge in [-0.3, -0.25) is 0 Å². The highest BCUT2D eigenvalue weighted by Crippen LogP contribution is 2.13. The Labute approximate surface area is 156 Å². The second-order valence-electron chi connectivity index (χ2n) is 8.81. The molecular formula is C21H34N4O+2. The van der Waals surface area contributed by atoms with E-state index in [0.717, 1.165) is 36.2 Å². The largest absolute Gasteiger partial charge is 0.337 e. The van der Waals surface area contributed by atoms with Crippen LogP contribution in [0.4, 0.5) is 0 Å². The first-order valence-electron chi connectivity index (χ1n) is 10.5. The lowest BCUT2D eigenvalue weighted by Crippen LogP contribution is -3.13. The predicted molar refractivity (Wildman–Crippen MR) is 104 cm³/mol. The SMILES string of the molecule is CC1CC[NH+](Cn2c(=O)n(C[NH+]3CCC(C)CC3)c3ccccc32)CC1. The molecule has 0 amide bonds. The fourth-order valence-corrected chi connectivity index (χ4v) is 4.68. The zero-order chi connectivity index (χ0) is 18.1. The number of quaternary nitrogens is 2. The van der Waals surface area contributed by atoms with E-state index in [-0.39, 0.29) is 5.69 Å². The van der Waals surface area contributed by atoms with Crippen LogP contribution in [0.5, 0.6) is 0 Å². The number of likely N-dealkylation sites (tertiary alicyclic amines) is 2. The third-order valence-electron chi connectivity index (χ3n) is 6.65. The summed E-state index contributed by atoms with van der Waals surface area (Å²) in [6.07, 6.45) is 5.11. The van der Waals surface area contributed by atoms with Crippen LogP contribution < -0.4 is 15.5 Å². The average molecular weight is 359 g/mol. The molecule has 5 nitrogen and oxygen atoms in total. The van der Waals surface area contributed by atoms with Gasteiger partial charge in [0, 0.05) is 0 Å². The number of aromatic nitrogens is 2. The smallest absolute Gasteiger partial charge is 0.317 e. The monoisotopic (exact) mass is 358 g/mol. The van der Waals surface area contributed by atoms with Gasteiger partial charge in [-0.25, -0.2) is 13.9 Å². The number of nitrogens with zero attached hydrogens (tertiary/aromatic N) is 2. The Morgan fingerprint density at radius 1 is 0.808 bits per heavy atom. The molecule has 1 aromatic carbocycles. The van der Waals surface area contributed by atoms with Crippen molar-refractivity contribution in [3.8, 4) is 0 Å². The molecule has 0 saturated carbocycles. The van der Waals surface area contributed by atoms with Gasteiger partial charge < -0.3 is 9.80 Å². The van der Waals surface area contributed by atoms with Crippen molar-refractivity contribution < 1.29 is 9.80 Å². The lowest BCUT2D eigenvalue weighted by molar-refractivity contribution is -0.929. The lowest BCUT2D eigenvalue weighted by Gasteiger charge is -2.27. The van der Waals surface area contributed by atoms with Gasteiger partial charge in [-0.1, -0.05) is 26.0 Å². The van der Waals surface area contributed by atoms with Crippen LogP contribution in [0.25, 0.3) is 11.0 Å². The van der Waals surface area contributed by atoms with Crippen LogP contribution in [0.2, 0.25) is 0 Å². The minimum absolute atomic E-state index is 0.184. The number of piperidine rings is 2. The summed E-state index contributed by atoms with van der Waals surface area (Å²) in [6, 6.07) is 8.36. The molecular weight excluding hydrogens is 324 g/mol. The molecule has 2 aromatic rings. The minimum atomic E-state index is 0.184. The number of fused-ring (bicyclic) bond motifs is 1. The van der Waals surface area contributed by atoms with Crippen molar-refractivity contribution in [1.29, 1.82) is 0 Å². The van der Waals surface area contributed by atoms with Gasteiger partial charge >= 0.3 is 5.69 Å². The highest BCUT2D eigenvalue weighted by molar-refractivity contribution is 5.75. The van der Waals surface area contributed by atoms with Crippen molar-refractivity contribution in [3.05, 3.63) is 34.7 Å². The van der Waals surface area contributed by atoms with Crippen molar-refractivity contribution in [2.45, 2.75) is 52.9 Å². The van der Waals surface area contributed by atoms with Crippen LogP contribution in [0.15, 0.2) is 29.1 Å². The van der Waals surface area contributed by atoms with E-state index in [1.54, 1.807) is 9.80 Å². The summed E-state index contributed by atoms with van der Waals surface area (Å²) >= 11 is 0. The summed E-state index contributed by atoms with van der Waals surface area (Å²) < 4.78 is 4.07. The second-order valence-corrected chi connectivity index (χ2v) is 8.81. The number of benzene rings is 1. The van der Waals surface area contributed by atoms with Crippen LogP contribution in [0.1, 0.15) is 39.5 Å². The number of para-hydroxylation sites is 2. The van der Waals surface area contributed by atoms with Crippen molar-refractivity contribution in [3.63, 3.8) is 0 Å². The summed E-state index contributed by atoms with van der Waals surface area (Å²) in [6.45, 7) is 11.0. The Hall–Kier alpha value is -1.59. The fourth-order valence-electron chi connectivity index (χ4n) is 4.68. The lowest BCUT2D eigenvalue weighted by atomic mass is 10.00. The molecule has 1 aromatic heterocycles. The van der Waals surface area contributed by atoms with Gasteiger partial charge in [0.2, 0.25) is 0 Å². The van der Waals surface area contributed by atoms with Gasteiger partial charge in [0.15, 0.2) is 13.3 Å². The molecule has 2 aliphatic heterocycles. The van der Waals surface area contributed by atoms with E-state index in [1.807, 2.05) is 9.13 Å². The van der Waals surface area contributed by atoms with Gasteiger partial charge in [0.05, 0.1) is 37.2 Å². The molecule has 5 heteroatoms. The van der Waals surface area contributed by atoms with Gasteiger partial charge in [0.25, 0.3) is 0 Å². The fraction of sp³-hybridized carbons (Fsp3) is 0.667. The summed E-state index contributed by atoms with van der Waals surface area (Å²) in [5.41, 5.74) is 2.39. The zero-order valence-corrected chi connectivity index (χ0v) is 16.3. The molecule has 26 heavy (non-hydrogen) atoms. The third kappa shape index (κ3) is 3.60. The van der Waals surface area contributed by atoms with Crippen LogP contribution >= 0.6 is 0 Å². The Morgan fingerprint density at radius 2 is 1.19 bits per heavy atom. The highest BCUT2D eigenvalue weighted by Gasteiger charge is 2.24. The molecule has 0 bridgehead atoms. The van der Waals surface area contributed by atoms with Gasteiger partial charge in [0.1, 0.15) is 0 Å². The summed E-state index contributed by atoms with van der Waals surface area (Å²) in [4.78, 5) is 16.4. The normalized spacial score (nSPS) is 29.9. The Balaban J connectivity index is 1.60. The van der Waals surface area contributed by atoms with E-state index < -0.39 is 0 Å². The van der Waals surface area contributed by atoms with E-state index in [1.165, 1.54) is 51.9 Å². The molecule has 2 fully saturated rings. The molecule has 2 saturated heterocycles. The Bertz CT molecular complexity index is 728. The maximum Gasteiger partial charge on any atom is 0.337 e. The number of nitrogens with one attached hydrogen (secondary N) is 2. The van der Waals surface area contributed by atoms with E-state index in [2.05, 4.69) is 38.1 Å².